The van der Waals surface area contributed by atoms with Gasteiger partial charge in [0.2, 0.25) is 0 Å². The zero-order chi connectivity index (χ0) is 11.5. The smallest absolute Gasteiger partial charge is 0.355 e. The van der Waals surface area contributed by atoms with E-state index in [9.17, 15) is 4.79 Å². The van der Waals surface area contributed by atoms with Crippen LogP contribution in [0.2, 0.25) is 0 Å². The second kappa shape index (κ2) is 5.05. The molecule has 1 aliphatic heterocycles. The Kier molecular flexibility index (Phi) is 3.70. The summed E-state index contributed by atoms with van der Waals surface area (Å²) in [4.78, 5) is 17.1. The highest BCUT2D eigenvalue weighted by atomic mass is 32.2. The normalized spacial score (nSPS) is 21.1. The lowest BCUT2D eigenvalue weighted by Crippen LogP contribution is -2.37. The van der Waals surface area contributed by atoms with Crippen LogP contribution >= 0.6 is 23.1 Å². The Bertz CT molecular complexity index is 381. The largest absolute Gasteiger partial charge is 0.476 e. The molecule has 88 valence electrons. The van der Waals surface area contributed by atoms with Crippen LogP contribution in [0, 0.1) is 0 Å². The second-order valence-corrected chi connectivity index (χ2v) is 5.91. The summed E-state index contributed by atoms with van der Waals surface area (Å²) in [7, 11) is 0. The molecular formula is C10H14N2O2S2. The molecular weight excluding hydrogens is 244 g/mol. The highest BCUT2D eigenvalue weighted by Gasteiger charge is 2.22. The number of hydrogen-bond acceptors (Lipinski definition) is 5. The Labute approximate surface area is 103 Å². The lowest BCUT2D eigenvalue weighted by molar-refractivity contribution is 0.0691. The van der Waals surface area contributed by atoms with E-state index in [-0.39, 0.29) is 5.69 Å². The van der Waals surface area contributed by atoms with Gasteiger partial charge in [0.1, 0.15) is 0 Å². The maximum Gasteiger partial charge on any atom is 0.355 e. The van der Waals surface area contributed by atoms with Crippen LogP contribution in [0.4, 0.5) is 5.13 Å². The van der Waals surface area contributed by atoms with Crippen LogP contribution in [0.5, 0.6) is 0 Å². The Morgan fingerprint density at radius 1 is 1.75 bits per heavy atom. The van der Waals surface area contributed by atoms with Gasteiger partial charge in [0.15, 0.2) is 10.8 Å². The number of rotatable bonds is 3. The van der Waals surface area contributed by atoms with Crippen molar-refractivity contribution in [2.24, 2.45) is 0 Å². The molecule has 2 heterocycles. The molecule has 0 bridgehead atoms. The van der Waals surface area contributed by atoms with Crippen molar-refractivity contribution in [1.29, 1.82) is 0 Å². The number of carboxylic acid groups (broad SMARTS) is 1. The molecule has 0 aliphatic carbocycles. The summed E-state index contributed by atoms with van der Waals surface area (Å²) in [6.45, 7) is 4.13. The molecule has 0 amide bonds. The SMILES string of the molecule is CCC1CN(c2nc(C(=O)O)cs2)CCS1. The van der Waals surface area contributed by atoms with Crippen LogP contribution in [-0.2, 0) is 0 Å². The molecule has 1 saturated heterocycles. The first-order chi connectivity index (χ1) is 7.70. The van der Waals surface area contributed by atoms with Gasteiger partial charge in [-0.1, -0.05) is 6.92 Å². The average molecular weight is 258 g/mol. The lowest BCUT2D eigenvalue weighted by atomic mass is 10.3. The first-order valence-electron chi connectivity index (χ1n) is 5.26. The first kappa shape index (κ1) is 11.7. The van der Waals surface area contributed by atoms with E-state index in [1.807, 2.05) is 11.8 Å². The third kappa shape index (κ3) is 2.49. The van der Waals surface area contributed by atoms with Crippen molar-refractivity contribution in [2.75, 3.05) is 23.7 Å². The molecule has 4 nitrogen and oxygen atoms in total. The van der Waals surface area contributed by atoms with Gasteiger partial charge in [-0.15, -0.1) is 11.3 Å². The number of thiazole rings is 1. The van der Waals surface area contributed by atoms with Gasteiger partial charge >= 0.3 is 5.97 Å². The van der Waals surface area contributed by atoms with Crippen LogP contribution in [0.3, 0.4) is 0 Å². The van der Waals surface area contributed by atoms with Gasteiger partial charge in [-0.3, -0.25) is 0 Å². The van der Waals surface area contributed by atoms with Crippen molar-refractivity contribution in [3.8, 4) is 0 Å². The fourth-order valence-corrected chi connectivity index (χ4v) is 3.66. The molecule has 1 fully saturated rings. The predicted molar refractivity (Wildman–Crippen MR) is 67.8 cm³/mol. The first-order valence-corrected chi connectivity index (χ1v) is 7.19. The minimum Gasteiger partial charge on any atom is -0.476 e. The molecule has 1 N–H and O–H groups in total. The Morgan fingerprint density at radius 2 is 2.56 bits per heavy atom. The van der Waals surface area contributed by atoms with Crippen molar-refractivity contribution < 1.29 is 9.90 Å². The highest BCUT2D eigenvalue weighted by molar-refractivity contribution is 8.00. The minimum atomic E-state index is -0.944. The number of carbonyl (C=O) groups is 1. The monoisotopic (exact) mass is 258 g/mol. The number of aromatic carboxylic acids is 1. The van der Waals surface area contributed by atoms with E-state index >= 15 is 0 Å². The lowest BCUT2D eigenvalue weighted by Gasteiger charge is -2.31. The molecule has 1 aromatic rings. The third-order valence-corrected chi connectivity index (χ3v) is 4.85. The number of anilines is 1. The number of nitrogens with zero attached hydrogens (tertiary/aromatic N) is 2. The molecule has 1 aromatic heterocycles. The maximum absolute atomic E-state index is 10.7. The molecule has 16 heavy (non-hydrogen) atoms. The molecule has 0 radical (unpaired) electrons. The molecule has 0 spiro atoms. The van der Waals surface area contributed by atoms with Crippen molar-refractivity contribution in [3.05, 3.63) is 11.1 Å². The minimum absolute atomic E-state index is 0.159. The summed E-state index contributed by atoms with van der Waals surface area (Å²) in [5, 5.41) is 11.9. The maximum atomic E-state index is 10.7. The quantitative estimate of drug-likeness (QED) is 0.900. The van der Waals surface area contributed by atoms with E-state index in [1.54, 1.807) is 5.38 Å². The Hall–Kier alpha value is -0.750. The van der Waals surface area contributed by atoms with Crippen LogP contribution in [0.15, 0.2) is 5.38 Å². The van der Waals surface area contributed by atoms with E-state index in [0.717, 1.165) is 30.4 Å². The zero-order valence-electron chi connectivity index (χ0n) is 9.05. The van der Waals surface area contributed by atoms with Crippen LogP contribution in [0.1, 0.15) is 23.8 Å². The number of thioether (sulfide) groups is 1. The summed E-state index contributed by atoms with van der Waals surface area (Å²) in [6.07, 6.45) is 1.15. The predicted octanol–water partition coefficient (Wildman–Crippen LogP) is 2.17. The third-order valence-electron chi connectivity index (χ3n) is 2.58. The van der Waals surface area contributed by atoms with Gasteiger partial charge in [-0.05, 0) is 6.42 Å². The van der Waals surface area contributed by atoms with Crippen molar-refractivity contribution in [2.45, 2.75) is 18.6 Å². The number of hydrogen-bond donors (Lipinski definition) is 1. The van der Waals surface area contributed by atoms with E-state index in [2.05, 4.69) is 16.8 Å². The molecule has 6 heteroatoms. The van der Waals surface area contributed by atoms with Gasteiger partial charge in [0, 0.05) is 29.5 Å². The summed E-state index contributed by atoms with van der Waals surface area (Å²) < 4.78 is 0. The molecule has 1 atom stereocenters. The fraction of sp³-hybridized carbons (Fsp3) is 0.600. The van der Waals surface area contributed by atoms with E-state index < -0.39 is 5.97 Å². The Morgan fingerprint density at radius 3 is 3.19 bits per heavy atom. The summed E-state index contributed by atoms with van der Waals surface area (Å²) in [5.74, 6) is 0.154. The second-order valence-electron chi connectivity index (χ2n) is 3.67. The highest BCUT2D eigenvalue weighted by Crippen LogP contribution is 2.27. The standard InChI is InChI=1S/C10H14N2O2S2/c1-2-7-5-12(3-4-15-7)10-11-8(6-16-10)9(13)14/h6-7H,2-5H2,1H3,(H,13,14). The van der Waals surface area contributed by atoms with Crippen LogP contribution in [-0.4, -0.2) is 40.2 Å². The Balaban J connectivity index is 2.08. The molecule has 2 rings (SSSR count). The van der Waals surface area contributed by atoms with Crippen LogP contribution < -0.4 is 4.90 Å². The van der Waals surface area contributed by atoms with Crippen molar-refractivity contribution in [1.82, 2.24) is 4.98 Å². The van der Waals surface area contributed by atoms with Crippen LogP contribution in [0.25, 0.3) is 0 Å². The molecule has 0 aromatic carbocycles. The summed E-state index contributed by atoms with van der Waals surface area (Å²) in [5.41, 5.74) is 0.159. The van der Waals surface area contributed by atoms with Gasteiger partial charge in [-0.2, -0.15) is 11.8 Å². The van der Waals surface area contributed by atoms with Gasteiger partial charge in [0.25, 0.3) is 0 Å². The van der Waals surface area contributed by atoms with Gasteiger partial charge in [-0.25, -0.2) is 9.78 Å². The zero-order valence-corrected chi connectivity index (χ0v) is 10.7. The van der Waals surface area contributed by atoms with Gasteiger partial charge in [0.05, 0.1) is 0 Å². The van der Waals surface area contributed by atoms with Crippen molar-refractivity contribution >= 4 is 34.2 Å². The van der Waals surface area contributed by atoms with E-state index in [0.29, 0.717) is 5.25 Å². The van der Waals surface area contributed by atoms with E-state index in [4.69, 9.17) is 5.11 Å². The molecule has 1 aliphatic rings. The van der Waals surface area contributed by atoms with E-state index in [1.165, 1.54) is 11.3 Å². The molecule has 0 saturated carbocycles. The number of aromatic nitrogens is 1. The average Bonchev–Trinajstić information content (AvgIpc) is 2.78. The number of carboxylic acids is 1. The fourth-order valence-electron chi connectivity index (χ4n) is 1.65. The molecule has 1 unspecified atom stereocenters. The van der Waals surface area contributed by atoms with Gasteiger partial charge < -0.3 is 10.0 Å². The summed E-state index contributed by atoms with van der Waals surface area (Å²) in [6, 6.07) is 0. The topological polar surface area (TPSA) is 53.4 Å². The summed E-state index contributed by atoms with van der Waals surface area (Å²) >= 11 is 3.42. The van der Waals surface area contributed by atoms with Crippen molar-refractivity contribution in [3.63, 3.8) is 0 Å².